The molecule has 0 saturated carbocycles. The minimum atomic E-state index is -1.26. The molecular weight excluding hydrogens is 252 g/mol. The molecule has 0 bridgehead atoms. The zero-order chi connectivity index (χ0) is 10.8. The maximum Gasteiger partial charge on any atom is 0.129 e. The van der Waals surface area contributed by atoms with E-state index in [1.54, 1.807) is 0 Å². The average Bonchev–Trinajstić information content (AvgIpc) is 2.00. The summed E-state index contributed by atoms with van der Waals surface area (Å²) >= 11 is 3.53. The fourth-order valence-corrected chi connectivity index (χ4v) is 2.08. The molecule has 1 rings (SSSR count). The first-order chi connectivity index (χ1) is 6.38. The molecule has 1 aromatic carbocycles. The monoisotopic (exact) mass is 266 g/mol. The molecule has 2 heteroatoms. The van der Waals surface area contributed by atoms with Crippen molar-refractivity contribution < 1.29 is 0 Å². The Morgan fingerprint density at radius 2 is 1.86 bits per heavy atom. The van der Waals surface area contributed by atoms with Crippen molar-refractivity contribution in [3.05, 3.63) is 33.8 Å². The van der Waals surface area contributed by atoms with E-state index in [4.69, 9.17) is 0 Å². The summed E-state index contributed by atoms with van der Waals surface area (Å²) < 4.78 is 1.10. The highest BCUT2D eigenvalue weighted by Gasteiger charge is 2.07. The molecule has 1 aromatic rings. The molecule has 0 radical (unpaired) electrons. The van der Waals surface area contributed by atoms with E-state index in [9.17, 15) is 0 Å². The summed E-state index contributed by atoms with van der Waals surface area (Å²) in [5.41, 5.74) is 5.71. The largest absolute Gasteiger partial charge is 0.129 e. The molecule has 0 unspecified atom stereocenters. The first-order valence-electron chi connectivity index (χ1n) is 4.68. The molecule has 0 aliphatic rings. The van der Waals surface area contributed by atoms with E-state index in [2.05, 4.69) is 72.2 Å². The third-order valence-electron chi connectivity index (χ3n) is 1.70. The molecule has 0 spiro atoms. The average molecular weight is 267 g/mol. The molecule has 0 N–H and O–H groups in total. The summed E-state index contributed by atoms with van der Waals surface area (Å²) in [6.07, 6.45) is 0. The number of halogens is 1. The standard InChI is InChI=1S/C12H15BrSi/c1-10-5-6-11(12(13)9-10)7-8-14(2,3)4/h5-6,9H,1-4H3. The lowest BCUT2D eigenvalue weighted by Crippen LogP contribution is -2.16. The van der Waals surface area contributed by atoms with Gasteiger partial charge in [-0.1, -0.05) is 31.6 Å². The summed E-state index contributed by atoms with van der Waals surface area (Å²) in [4.78, 5) is 0. The lowest BCUT2D eigenvalue weighted by molar-refractivity contribution is 1.43. The van der Waals surface area contributed by atoms with Gasteiger partial charge in [-0.2, -0.15) is 0 Å². The van der Waals surface area contributed by atoms with Gasteiger partial charge in [-0.15, -0.1) is 5.54 Å². The van der Waals surface area contributed by atoms with Crippen molar-refractivity contribution in [2.45, 2.75) is 26.6 Å². The number of hydrogen-bond acceptors (Lipinski definition) is 0. The Morgan fingerprint density at radius 3 is 2.36 bits per heavy atom. The topological polar surface area (TPSA) is 0 Å². The second kappa shape index (κ2) is 4.33. The van der Waals surface area contributed by atoms with E-state index in [0.717, 1.165) is 10.0 Å². The van der Waals surface area contributed by atoms with Gasteiger partial charge in [-0.3, -0.25) is 0 Å². The van der Waals surface area contributed by atoms with Gasteiger partial charge in [0.15, 0.2) is 0 Å². The molecule has 14 heavy (non-hydrogen) atoms. The van der Waals surface area contributed by atoms with Crippen LogP contribution in [0.3, 0.4) is 0 Å². The predicted octanol–water partition coefficient (Wildman–Crippen LogP) is 3.99. The first-order valence-corrected chi connectivity index (χ1v) is 8.97. The van der Waals surface area contributed by atoms with Gasteiger partial charge in [0.1, 0.15) is 8.07 Å². The van der Waals surface area contributed by atoms with Gasteiger partial charge in [0.05, 0.1) is 0 Å². The second-order valence-corrected chi connectivity index (χ2v) is 10.1. The van der Waals surface area contributed by atoms with Gasteiger partial charge in [0.2, 0.25) is 0 Å². The third kappa shape index (κ3) is 3.69. The van der Waals surface area contributed by atoms with Crippen molar-refractivity contribution in [3.63, 3.8) is 0 Å². The first kappa shape index (κ1) is 11.6. The normalized spacial score (nSPS) is 10.6. The molecule has 0 heterocycles. The molecule has 0 amide bonds. The highest BCUT2D eigenvalue weighted by atomic mass is 79.9. The molecule has 74 valence electrons. The van der Waals surface area contributed by atoms with Crippen LogP contribution >= 0.6 is 15.9 Å². The quantitative estimate of drug-likeness (QED) is 0.492. The minimum Gasteiger partial charge on any atom is -0.127 e. The molecule has 0 atom stereocenters. The van der Waals surface area contributed by atoms with Crippen LogP contribution in [0.4, 0.5) is 0 Å². The van der Waals surface area contributed by atoms with Crippen molar-refractivity contribution in [3.8, 4) is 11.5 Å². The van der Waals surface area contributed by atoms with Crippen molar-refractivity contribution in [1.82, 2.24) is 0 Å². The molecule has 0 fully saturated rings. The maximum absolute atomic E-state index is 3.53. The zero-order valence-electron chi connectivity index (χ0n) is 9.11. The summed E-state index contributed by atoms with van der Waals surface area (Å²) in [5.74, 6) is 3.24. The number of benzene rings is 1. The molecule has 0 nitrogen and oxygen atoms in total. The Bertz CT molecular complexity index is 391. The summed E-state index contributed by atoms with van der Waals surface area (Å²) in [7, 11) is -1.26. The number of aryl methyl sites for hydroxylation is 1. The Balaban J connectivity index is 3.02. The Kier molecular flexibility index (Phi) is 3.57. The highest BCUT2D eigenvalue weighted by molar-refractivity contribution is 9.10. The Morgan fingerprint density at radius 1 is 1.21 bits per heavy atom. The van der Waals surface area contributed by atoms with E-state index in [0.29, 0.717) is 0 Å². The maximum atomic E-state index is 3.53. The van der Waals surface area contributed by atoms with E-state index in [1.165, 1.54) is 5.56 Å². The fourth-order valence-electron chi connectivity index (χ4n) is 0.976. The summed E-state index contributed by atoms with van der Waals surface area (Å²) in [6.45, 7) is 8.84. The highest BCUT2D eigenvalue weighted by Crippen LogP contribution is 2.17. The summed E-state index contributed by atoms with van der Waals surface area (Å²) in [5, 5.41) is 0. The van der Waals surface area contributed by atoms with Crippen molar-refractivity contribution in [2.24, 2.45) is 0 Å². The van der Waals surface area contributed by atoms with E-state index in [-0.39, 0.29) is 0 Å². The van der Waals surface area contributed by atoms with Crippen LogP contribution in [0.2, 0.25) is 19.6 Å². The molecule has 0 aromatic heterocycles. The second-order valence-electron chi connectivity index (χ2n) is 4.48. The van der Waals surface area contributed by atoms with E-state index < -0.39 is 8.07 Å². The van der Waals surface area contributed by atoms with Crippen molar-refractivity contribution >= 4 is 24.0 Å². The van der Waals surface area contributed by atoms with Crippen LogP contribution in [-0.2, 0) is 0 Å². The summed E-state index contributed by atoms with van der Waals surface area (Å²) in [6, 6.07) is 6.28. The van der Waals surface area contributed by atoms with Gasteiger partial charge in [0, 0.05) is 10.0 Å². The number of hydrogen-bond donors (Lipinski definition) is 0. The van der Waals surface area contributed by atoms with Crippen LogP contribution in [0.1, 0.15) is 11.1 Å². The predicted molar refractivity (Wildman–Crippen MR) is 69.1 cm³/mol. The minimum absolute atomic E-state index is 1.10. The van der Waals surface area contributed by atoms with Crippen LogP contribution in [0.5, 0.6) is 0 Å². The van der Waals surface area contributed by atoms with Gasteiger partial charge in [0.25, 0.3) is 0 Å². The van der Waals surface area contributed by atoms with Crippen LogP contribution in [-0.4, -0.2) is 8.07 Å². The lowest BCUT2D eigenvalue weighted by atomic mass is 10.2. The molecular formula is C12H15BrSi. The van der Waals surface area contributed by atoms with Crippen LogP contribution in [0, 0.1) is 18.4 Å². The smallest absolute Gasteiger partial charge is 0.127 e. The van der Waals surface area contributed by atoms with Gasteiger partial charge >= 0.3 is 0 Å². The van der Waals surface area contributed by atoms with Crippen molar-refractivity contribution in [1.29, 1.82) is 0 Å². The van der Waals surface area contributed by atoms with Gasteiger partial charge in [-0.25, -0.2) is 0 Å². The zero-order valence-corrected chi connectivity index (χ0v) is 11.7. The Hall–Kier alpha value is -0.523. The molecule has 0 aliphatic heterocycles. The number of rotatable bonds is 0. The lowest BCUT2D eigenvalue weighted by Gasteiger charge is -2.04. The molecule has 0 aliphatic carbocycles. The van der Waals surface area contributed by atoms with Crippen molar-refractivity contribution in [2.75, 3.05) is 0 Å². The van der Waals surface area contributed by atoms with Crippen LogP contribution in [0.25, 0.3) is 0 Å². The van der Waals surface area contributed by atoms with Crippen LogP contribution < -0.4 is 0 Å². The van der Waals surface area contributed by atoms with E-state index >= 15 is 0 Å². The Labute approximate surface area is 95.9 Å². The third-order valence-corrected chi connectivity index (χ3v) is 3.23. The SMILES string of the molecule is Cc1ccc(C#C[Si](C)(C)C)c(Br)c1. The van der Waals surface area contributed by atoms with Gasteiger partial charge in [-0.05, 0) is 40.5 Å². The fraction of sp³-hybridized carbons (Fsp3) is 0.333. The van der Waals surface area contributed by atoms with E-state index in [1.807, 2.05) is 0 Å². The van der Waals surface area contributed by atoms with Crippen LogP contribution in [0.15, 0.2) is 22.7 Å². The van der Waals surface area contributed by atoms with Gasteiger partial charge < -0.3 is 0 Å². The molecule has 0 saturated heterocycles.